The van der Waals surface area contributed by atoms with Crippen molar-refractivity contribution in [1.82, 2.24) is 0 Å². The van der Waals surface area contributed by atoms with Crippen LogP contribution in [0.5, 0.6) is 5.75 Å². The third kappa shape index (κ3) is 5.50. The first kappa shape index (κ1) is 22.1. The zero-order valence-electron chi connectivity index (χ0n) is 17.6. The van der Waals surface area contributed by atoms with Crippen molar-refractivity contribution >= 4 is 33.2 Å². The van der Waals surface area contributed by atoms with E-state index in [4.69, 9.17) is 14.6 Å². The molecule has 0 bridgehead atoms. The van der Waals surface area contributed by atoms with E-state index in [2.05, 4.69) is 6.07 Å². The van der Waals surface area contributed by atoms with Crippen LogP contribution in [0.3, 0.4) is 0 Å². The summed E-state index contributed by atoms with van der Waals surface area (Å²) in [5, 5.41) is 19.4. The van der Waals surface area contributed by atoms with Gasteiger partial charge in [0.2, 0.25) is 0 Å². The summed E-state index contributed by atoms with van der Waals surface area (Å²) >= 11 is 1.62. The molecule has 3 rings (SSSR count). The molecule has 0 saturated carbocycles. The van der Waals surface area contributed by atoms with E-state index in [1.807, 2.05) is 63.2 Å². The molecule has 1 atom stereocenters. The Morgan fingerprint density at radius 3 is 2.63 bits per heavy atom. The van der Waals surface area contributed by atoms with Crippen molar-refractivity contribution in [2.75, 3.05) is 25.2 Å². The molecule has 160 valence electrons. The average molecular weight is 430 g/mol. The summed E-state index contributed by atoms with van der Waals surface area (Å²) in [6, 6.07) is 15.6. The van der Waals surface area contributed by atoms with Crippen LogP contribution in [0, 0.1) is 0 Å². The van der Waals surface area contributed by atoms with Crippen LogP contribution in [-0.4, -0.2) is 48.3 Å². The quantitative estimate of drug-likeness (QED) is 0.595. The number of hydrogen-bond donors (Lipinski definition) is 2. The fourth-order valence-corrected chi connectivity index (χ4v) is 3.88. The number of carbonyl (C=O) groups is 1. The van der Waals surface area contributed by atoms with Gasteiger partial charge in [0.1, 0.15) is 24.1 Å². The lowest BCUT2D eigenvalue weighted by Gasteiger charge is -2.24. The topological polar surface area (TPSA) is 79.2 Å². The molecule has 0 radical (unpaired) electrons. The molecule has 30 heavy (non-hydrogen) atoms. The highest BCUT2D eigenvalue weighted by Gasteiger charge is 2.21. The molecule has 1 aromatic heterocycles. The van der Waals surface area contributed by atoms with Crippen molar-refractivity contribution in [1.29, 1.82) is 0 Å². The Kier molecular flexibility index (Phi) is 6.65. The van der Waals surface area contributed by atoms with Gasteiger partial charge in [0, 0.05) is 22.3 Å². The summed E-state index contributed by atoms with van der Waals surface area (Å²) in [5.41, 5.74) is 1.20. The Hall–Kier alpha value is -2.61. The van der Waals surface area contributed by atoms with Crippen molar-refractivity contribution in [3.05, 3.63) is 48.5 Å². The van der Waals surface area contributed by atoms with Crippen LogP contribution in [-0.2, 0) is 4.74 Å². The maximum Gasteiger partial charge on any atom is 0.414 e. The first-order valence-corrected chi connectivity index (χ1v) is 10.5. The Labute approximate surface area is 180 Å². The van der Waals surface area contributed by atoms with Gasteiger partial charge in [-0.05, 0) is 68.1 Å². The van der Waals surface area contributed by atoms with Crippen LogP contribution >= 0.6 is 11.3 Å². The fraction of sp³-hybridized carbons (Fsp3) is 0.348. The smallest absolute Gasteiger partial charge is 0.414 e. The minimum atomic E-state index is -0.899. The van der Waals surface area contributed by atoms with Crippen LogP contribution in [0.4, 0.5) is 10.5 Å². The minimum Gasteiger partial charge on any atom is -0.491 e. The van der Waals surface area contributed by atoms with Crippen molar-refractivity contribution in [2.24, 2.45) is 0 Å². The lowest BCUT2D eigenvalue weighted by atomic mass is 10.1. The number of thiophene rings is 1. The number of benzene rings is 2. The van der Waals surface area contributed by atoms with E-state index >= 15 is 0 Å². The molecule has 6 nitrogen and oxygen atoms in total. The lowest BCUT2D eigenvalue weighted by molar-refractivity contribution is 0.0536. The standard InChI is InChI=1S/C23H27NO5S/c1-23(2,3)29-22(27)24(4)17-7-5-6-15(10-17)20-11-16-8-9-19(12-21(16)30-20)28-14-18(26)13-25/h5-12,18,25-26H,13-14H2,1-4H3/t18-/m1/s1. The zero-order chi connectivity index (χ0) is 21.9. The van der Waals surface area contributed by atoms with E-state index in [-0.39, 0.29) is 13.2 Å². The Balaban J connectivity index is 1.82. The number of rotatable bonds is 6. The van der Waals surface area contributed by atoms with Gasteiger partial charge in [-0.3, -0.25) is 4.90 Å². The summed E-state index contributed by atoms with van der Waals surface area (Å²) in [6.07, 6.45) is -1.30. The van der Waals surface area contributed by atoms with Gasteiger partial charge in [0.05, 0.1) is 6.61 Å². The van der Waals surface area contributed by atoms with Crippen molar-refractivity contribution in [3.63, 3.8) is 0 Å². The zero-order valence-corrected chi connectivity index (χ0v) is 18.4. The van der Waals surface area contributed by atoms with E-state index in [1.54, 1.807) is 18.4 Å². The number of hydrogen-bond acceptors (Lipinski definition) is 6. The number of nitrogens with zero attached hydrogens (tertiary/aromatic N) is 1. The molecule has 0 aliphatic heterocycles. The van der Waals surface area contributed by atoms with E-state index in [1.165, 1.54) is 4.90 Å². The van der Waals surface area contributed by atoms with Crippen molar-refractivity contribution in [2.45, 2.75) is 32.5 Å². The maximum atomic E-state index is 12.4. The van der Waals surface area contributed by atoms with E-state index < -0.39 is 17.8 Å². The van der Waals surface area contributed by atoms with Crippen LogP contribution in [0.2, 0.25) is 0 Å². The van der Waals surface area contributed by atoms with Gasteiger partial charge in [-0.15, -0.1) is 11.3 Å². The molecule has 1 heterocycles. The minimum absolute atomic E-state index is 0.0410. The highest BCUT2D eigenvalue weighted by atomic mass is 32.1. The molecular weight excluding hydrogens is 402 g/mol. The van der Waals surface area contributed by atoms with E-state index in [0.29, 0.717) is 5.75 Å². The number of anilines is 1. The van der Waals surface area contributed by atoms with Gasteiger partial charge >= 0.3 is 6.09 Å². The predicted molar refractivity (Wildman–Crippen MR) is 120 cm³/mol. The molecule has 2 aromatic carbocycles. The maximum absolute atomic E-state index is 12.4. The lowest BCUT2D eigenvalue weighted by Crippen LogP contribution is -2.34. The fourth-order valence-electron chi connectivity index (χ4n) is 2.79. The molecule has 0 spiro atoms. The second-order valence-corrected chi connectivity index (χ2v) is 9.13. The second-order valence-electron chi connectivity index (χ2n) is 8.05. The predicted octanol–water partition coefficient (Wildman–Crippen LogP) is 4.67. The molecule has 0 fully saturated rings. The highest BCUT2D eigenvalue weighted by Crippen LogP contribution is 2.36. The Morgan fingerprint density at radius 1 is 1.17 bits per heavy atom. The van der Waals surface area contributed by atoms with Gasteiger partial charge in [0.15, 0.2) is 0 Å². The second kappa shape index (κ2) is 9.04. The highest BCUT2D eigenvalue weighted by molar-refractivity contribution is 7.22. The summed E-state index contributed by atoms with van der Waals surface area (Å²) in [5.74, 6) is 0.641. The summed E-state index contributed by atoms with van der Waals surface area (Å²) in [4.78, 5) is 14.9. The van der Waals surface area contributed by atoms with Crippen LogP contribution in [0.1, 0.15) is 20.8 Å². The molecule has 0 aliphatic rings. The number of carbonyl (C=O) groups excluding carboxylic acids is 1. The number of amides is 1. The molecule has 3 aromatic rings. The third-order valence-corrected chi connectivity index (χ3v) is 5.48. The van der Waals surface area contributed by atoms with Gasteiger partial charge in [-0.1, -0.05) is 12.1 Å². The van der Waals surface area contributed by atoms with Gasteiger partial charge in [-0.2, -0.15) is 0 Å². The Morgan fingerprint density at radius 2 is 1.93 bits per heavy atom. The Bertz CT molecular complexity index is 1020. The third-order valence-electron chi connectivity index (χ3n) is 4.33. The number of ether oxygens (including phenoxy) is 2. The monoisotopic (exact) mass is 429 g/mol. The number of aliphatic hydroxyl groups excluding tert-OH is 2. The molecule has 2 N–H and O–H groups in total. The number of aliphatic hydroxyl groups is 2. The normalized spacial score (nSPS) is 12.6. The first-order chi connectivity index (χ1) is 14.2. The average Bonchev–Trinajstić information content (AvgIpc) is 3.13. The molecule has 0 saturated heterocycles. The number of fused-ring (bicyclic) bond motifs is 1. The van der Waals surface area contributed by atoms with E-state index in [0.717, 1.165) is 26.2 Å². The van der Waals surface area contributed by atoms with Gasteiger partial charge in [0.25, 0.3) is 0 Å². The van der Waals surface area contributed by atoms with Crippen molar-refractivity contribution < 1.29 is 24.5 Å². The van der Waals surface area contributed by atoms with Crippen LogP contribution in [0.25, 0.3) is 20.5 Å². The van der Waals surface area contributed by atoms with Crippen molar-refractivity contribution in [3.8, 4) is 16.2 Å². The van der Waals surface area contributed by atoms with Crippen LogP contribution in [0.15, 0.2) is 48.5 Å². The molecule has 0 aliphatic carbocycles. The molecule has 1 amide bonds. The largest absolute Gasteiger partial charge is 0.491 e. The van der Waals surface area contributed by atoms with E-state index in [9.17, 15) is 9.90 Å². The molecular formula is C23H27NO5S. The summed E-state index contributed by atoms with van der Waals surface area (Å²) < 4.78 is 12.0. The SMILES string of the molecule is CN(C(=O)OC(C)(C)C)c1cccc(-c2cc3ccc(OC[C@H](O)CO)cc3s2)c1. The van der Waals surface area contributed by atoms with Gasteiger partial charge in [-0.25, -0.2) is 4.79 Å². The summed E-state index contributed by atoms with van der Waals surface area (Å²) in [6.45, 7) is 5.23. The molecule has 7 heteroatoms. The van der Waals surface area contributed by atoms with Crippen LogP contribution < -0.4 is 9.64 Å². The summed E-state index contributed by atoms with van der Waals surface area (Å²) in [7, 11) is 1.70. The van der Waals surface area contributed by atoms with Gasteiger partial charge < -0.3 is 19.7 Å². The first-order valence-electron chi connectivity index (χ1n) is 9.69. The molecule has 0 unspecified atom stereocenters.